The van der Waals surface area contributed by atoms with Crippen molar-refractivity contribution < 1.29 is 4.74 Å². The van der Waals surface area contributed by atoms with Crippen LogP contribution >= 0.6 is 24.0 Å². The van der Waals surface area contributed by atoms with Gasteiger partial charge in [0.1, 0.15) is 6.10 Å². The average molecular weight is 512 g/mol. The molecule has 8 heteroatoms. The number of guanidine groups is 1. The molecule has 29 heavy (non-hydrogen) atoms. The Bertz CT molecular complexity index is 791. The van der Waals surface area contributed by atoms with Crippen LogP contribution in [-0.2, 0) is 24.9 Å². The zero-order valence-corrected chi connectivity index (χ0v) is 20.2. The van der Waals surface area contributed by atoms with Gasteiger partial charge in [0, 0.05) is 38.4 Å². The third kappa shape index (κ3) is 6.68. The molecule has 0 radical (unpaired) electrons. The predicted molar refractivity (Wildman–Crippen MR) is 128 cm³/mol. The Morgan fingerprint density at radius 1 is 1.31 bits per heavy atom. The van der Waals surface area contributed by atoms with Gasteiger partial charge in [0.2, 0.25) is 0 Å². The van der Waals surface area contributed by atoms with Crippen molar-refractivity contribution in [1.82, 2.24) is 24.9 Å². The van der Waals surface area contributed by atoms with Crippen LogP contribution in [0.3, 0.4) is 0 Å². The zero-order chi connectivity index (χ0) is 19.9. The number of hydrogen-bond acceptors (Lipinski definition) is 4. The van der Waals surface area contributed by atoms with Gasteiger partial charge in [0.25, 0.3) is 0 Å². The maximum atomic E-state index is 5.98. The van der Waals surface area contributed by atoms with Gasteiger partial charge in [-0.15, -0.1) is 24.0 Å². The normalized spacial score (nSPS) is 17.3. The van der Waals surface area contributed by atoms with Crippen molar-refractivity contribution in [1.29, 1.82) is 0 Å². The summed E-state index contributed by atoms with van der Waals surface area (Å²) in [5.74, 6) is 0.944. The molecule has 0 amide bonds. The molecule has 3 rings (SSSR count). The number of aliphatic imine (C=N–C) groups is 1. The molecule has 1 N–H and O–H groups in total. The maximum Gasteiger partial charge on any atom is 0.194 e. The van der Waals surface area contributed by atoms with Crippen molar-refractivity contribution in [2.24, 2.45) is 12.0 Å². The summed E-state index contributed by atoms with van der Waals surface area (Å²) in [6.07, 6.45) is 3.93. The van der Waals surface area contributed by atoms with E-state index in [9.17, 15) is 0 Å². The molecular formula is C21H33IN6O. The van der Waals surface area contributed by atoms with E-state index in [1.807, 2.05) is 24.1 Å². The lowest BCUT2D eigenvalue weighted by molar-refractivity contribution is -0.00805. The minimum Gasteiger partial charge on any atom is -0.370 e. The van der Waals surface area contributed by atoms with Crippen LogP contribution in [0.1, 0.15) is 29.7 Å². The number of aromatic nitrogens is 2. The Balaban J connectivity index is 0.00000300. The van der Waals surface area contributed by atoms with E-state index >= 15 is 0 Å². The third-order valence-corrected chi connectivity index (χ3v) is 4.80. The van der Waals surface area contributed by atoms with Crippen LogP contribution in [0.5, 0.6) is 0 Å². The zero-order valence-electron chi connectivity index (χ0n) is 17.8. The van der Waals surface area contributed by atoms with Gasteiger partial charge >= 0.3 is 0 Å². The van der Waals surface area contributed by atoms with Gasteiger partial charge in [-0.05, 0) is 32.1 Å². The molecule has 1 aromatic carbocycles. The summed E-state index contributed by atoms with van der Waals surface area (Å²) in [4.78, 5) is 9.42. The Kier molecular flexibility index (Phi) is 9.38. The van der Waals surface area contributed by atoms with Crippen LogP contribution in [0.4, 0.5) is 0 Å². The van der Waals surface area contributed by atoms with E-state index in [0.717, 1.165) is 37.7 Å². The van der Waals surface area contributed by atoms with E-state index in [1.54, 1.807) is 0 Å². The second kappa shape index (κ2) is 11.5. The van der Waals surface area contributed by atoms with Crippen molar-refractivity contribution in [3.63, 3.8) is 0 Å². The highest BCUT2D eigenvalue weighted by atomic mass is 127. The first-order valence-corrected chi connectivity index (χ1v) is 9.91. The monoisotopic (exact) mass is 512 g/mol. The lowest BCUT2D eigenvalue weighted by Crippen LogP contribution is -2.48. The van der Waals surface area contributed by atoms with Crippen molar-refractivity contribution in [2.45, 2.75) is 26.1 Å². The van der Waals surface area contributed by atoms with Crippen molar-refractivity contribution >= 4 is 29.9 Å². The molecule has 0 aliphatic carbocycles. The smallest absolute Gasteiger partial charge is 0.194 e. The summed E-state index contributed by atoms with van der Waals surface area (Å²) >= 11 is 0. The molecular weight excluding hydrogens is 479 g/mol. The molecule has 1 aromatic heterocycles. The summed E-state index contributed by atoms with van der Waals surface area (Å²) in [6, 6.07) is 8.54. The van der Waals surface area contributed by atoms with Gasteiger partial charge in [-0.1, -0.05) is 24.3 Å². The van der Waals surface area contributed by atoms with Gasteiger partial charge in [-0.25, -0.2) is 4.99 Å². The highest BCUT2D eigenvalue weighted by Crippen LogP contribution is 2.22. The molecule has 1 aliphatic heterocycles. The lowest BCUT2D eigenvalue weighted by Gasteiger charge is -2.34. The third-order valence-electron chi connectivity index (χ3n) is 4.80. The fourth-order valence-corrected chi connectivity index (χ4v) is 3.44. The van der Waals surface area contributed by atoms with Crippen LogP contribution in [0.25, 0.3) is 0 Å². The fourth-order valence-electron chi connectivity index (χ4n) is 3.44. The molecule has 0 bridgehead atoms. The standard InChI is InChI=1S/C21H32N6O.HI/c1-5-22-21(23-12-17-8-6-7-9-18(17)14-25(2)3)27-10-11-28-20(16-27)19-13-24-26(4)15-19;/h6-9,13,15,20H,5,10-12,14,16H2,1-4H3,(H,22,23);1H. The Hall–Kier alpha value is -1.65. The van der Waals surface area contributed by atoms with Gasteiger partial charge in [0.15, 0.2) is 5.96 Å². The highest BCUT2D eigenvalue weighted by molar-refractivity contribution is 14.0. The second-order valence-electron chi connectivity index (χ2n) is 7.43. The molecule has 1 unspecified atom stereocenters. The summed E-state index contributed by atoms with van der Waals surface area (Å²) < 4.78 is 7.80. The number of morpholine rings is 1. The fraction of sp³-hybridized carbons (Fsp3) is 0.524. The van der Waals surface area contributed by atoms with E-state index in [-0.39, 0.29) is 30.1 Å². The first kappa shape index (κ1) is 23.6. The number of benzene rings is 1. The van der Waals surface area contributed by atoms with E-state index in [0.29, 0.717) is 13.2 Å². The first-order valence-electron chi connectivity index (χ1n) is 9.91. The predicted octanol–water partition coefficient (Wildman–Crippen LogP) is 2.64. The van der Waals surface area contributed by atoms with Crippen LogP contribution in [-0.4, -0.2) is 65.9 Å². The van der Waals surface area contributed by atoms with Crippen molar-refractivity contribution in [3.8, 4) is 0 Å². The van der Waals surface area contributed by atoms with Crippen LogP contribution < -0.4 is 5.32 Å². The SMILES string of the molecule is CCNC(=NCc1ccccc1CN(C)C)N1CCOC(c2cnn(C)c2)C1.I. The quantitative estimate of drug-likeness (QED) is 0.367. The van der Waals surface area contributed by atoms with Crippen LogP contribution in [0.2, 0.25) is 0 Å². The first-order chi connectivity index (χ1) is 13.6. The Morgan fingerprint density at radius 2 is 2.07 bits per heavy atom. The molecule has 0 spiro atoms. The number of rotatable bonds is 6. The van der Waals surface area contributed by atoms with Crippen LogP contribution in [0.15, 0.2) is 41.7 Å². The van der Waals surface area contributed by atoms with Gasteiger partial charge in [0.05, 0.1) is 25.9 Å². The number of ether oxygens (including phenoxy) is 1. The van der Waals surface area contributed by atoms with Crippen molar-refractivity contribution in [3.05, 3.63) is 53.3 Å². The van der Waals surface area contributed by atoms with E-state index in [2.05, 4.69) is 65.5 Å². The maximum absolute atomic E-state index is 5.98. The summed E-state index contributed by atoms with van der Waals surface area (Å²) in [6.45, 7) is 6.83. The lowest BCUT2D eigenvalue weighted by atomic mass is 10.1. The molecule has 1 fully saturated rings. The molecule has 0 saturated carbocycles. The molecule has 7 nitrogen and oxygen atoms in total. The van der Waals surface area contributed by atoms with E-state index in [1.165, 1.54) is 11.1 Å². The molecule has 1 aliphatic rings. The number of aryl methyl sites for hydroxylation is 1. The summed E-state index contributed by atoms with van der Waals surface area (Å²) in [7, 11) is 6.12. The summed E-state index contributed by atoms with van der Waals surface area (Å²) in [5.41, 5.74) is 3.70. The van der Waals surface area contributed by atoms with Gasteiger partial charge in [-0.2, -0.15) is 5.10 Å². The van der Waals surface area contributed by atoms with Crippen molar-refractivity contribution in [2.75, 3.05) is 40.3 Å². The minimum atomic E-state index is 0. The number of nitrogens with one attached hydrogen (secondary N) is 1. The molecule has 1 atom stereocenters. The Morgan fingerprint density at radius 3 is 2.72 bits per heavy atom. The van der Waals surface area contributed by atoms with Gasteiger partial charge in [-0.3, -0.25) is 4.68 Å². The Labute approximate surface area is 191 Å². The number of hydrogen-bond donors (Lipinski definition) is 1. The summed E-state index contributed by atoms with van der Waals surface area (Å²) in [5, 5.41) is 7.72. The van der Waals surface area contributed by atoms with Crippen LogP contribution in [0, 0.1) is 0 Å². The highest BCUT2D eigenvalue weighted by Gasteiger charge is 2.25. The topological polar surface area (TPSA) is 57.9 Å². The second-order valence-corrected chi connectivity index (χ2v) is 7.43. The number of halogens is 1. The number of nitrogens with zero attached hydrogens (tertiary/aromatic N) is 5. The van der Waals surface area contributed by atoms with E-state index in [4.69, 9.17) is 9.73 Å². The average Bonchev–Trinajstić information content (AvgIpc) is 3.12. The minimum absolute atomic E-state index is 0. The van der Waals surface area contributed by atoms with Gasteiger partial charge < -0.3 is 19.9 Å². The molecule has 2 aromatic rings. The molecule has 1 saturated heterocycles. The molecule has 2 heterocycles. The molecule has 160 valence electrons. The largest absolute Gasteiger partial charge is 0.370 e. The van der Waals surface area contributed by atoms with E-state index < -0.39 is 0 Å².